The fourth-order valence-corrected chi connectivity index (χ4v) is 1.77. The Morgan fingerprint density at radius 2 is 2.17 bits per heavy atom. The van der Waals surface area contributed by atoms with Gasteiger partial charge in [-0.15, -0.1) is 0 Å². The lowest BCUT2D eigenvalue weighted by Gasteiger charge is -2.12. The van der Waals surface area contributed by atoms with Gasteiger partial charge in [-0.3, -0.25) is 4.79 Å². The third kappa shape index (κ3) is 4.10. The van der Waals surface area contributed by atoms with E-state index in [4.69, 9.17) is 15.6 Å². The Kier molecular flexibility index (Phi) is 5.26. The summed E-state index contributed by atoms with van der Waals surface area (Å²) in [6.45, 7) is 0.0889. The van der Waals surface area contributed by atoms with Crippen LogP contribution in [0, 0.1) is 0 Å². The van der Waals surface area contributed by atoms with E-state index >= 15 is 0 Å². The first-order valence-corrected chi connectivity index (χ1v) is 5.82. The van der Waals surface area contributed by atoms with Crippen LogP contribution in [0.3, 0.4) is 0 Å². The van der Waals surface area contributed by atoms with Crippen LogP contribution in [0.1, 0.15) is 10.4 Å². The minimum atomic E-state index is -1.08. The Morgan fingerprint density at radius 3 is 2.72 bits per heavy atom. The predicted octanol–water partition coefficient (Wildman–Crippen LogP) is 1.06. The number of carboxylic acids is 1. The van der Waals surface area contributed by atoms with Crippen LogP contribution in [0.2, 0.25) is 0 Å². The number of rotatable bonds is 5. The molecule has 98 valence electrons. The number of carbonyl (C=O) groups is 2. The second kappa shape index (κ2) is 6.48. The van der Waals surface area contributed by atoms with Gasteiger partial charge in [0.1, 0.15) is 6.04 Å². The topological polar surface area (TPSA) is 102 Å². The fraction of sp³-hybridized carbons (Fsp3) is 0.273. The molecule has 1 unspecified atom stereocenters. The van der Waals surface area contributed by atoms with Crippen molar-refractivity contribution >= 4 is 33.5 Å². The summed E-state index contributed by atoms with van der Waals surface area (Å²) in [5.41, 5.74) is 5.98. The second-order valence-electron chi connectivity index (χ2n) is 3.58. The average molecular weight is 317 g/mol. The maximum atomic E-state index is 11.6. The molecule has 0 saturated carbocycles. The first kappa shape index (κ1) is 14.6. The summed E-state index contributed by atoms with van der Waals surface area (Å²) in [4.78, 5) is 22.5. The van der Waals surface area contributed by atoms with Crippen LogP contribution >= 0.6 is 15.9 Å². The van der Waals surface area contributed by atoms with Crippen LogP contribution in [-0.4, -0.2) is 36.7 Å². The highest BCUT2D eigenvalue weighted by atomic mass is 79.9. The molecule has 1 aromatic rings. The Labute approximate surface area is 112 Å². The quantitative estimate of drug-likeness (QED) is 0.754. The van der Waals surface area contributed by atoms with E-state index in [0.29, 0.717) is 10.2 Å². The van der Waals surface area contributed by atoms with Gasteiger partial charge in [0.25, 0.3) is 0 Å². The fourth-order valence-electron chi connectivity index (χ4n) is 1.28. The maximum Gasteiger partial charge on any atom is 0.335 e. The van der Waals surface area contributed by atoms with Crippen molar-refractivity contribution < 1.29 is 19.4 Å². The molecule has 0 heterocycles. The number of nitrogens with one attached hydrogen (secondary N) is 1. The Morgan fingerprint density at radius 1 is 1.50 bits per heavy atom. The summed E-state index contributed by atoms with van der Waals surface area (Å²) < 4.78 is 5.31. The highest BCUT2D eigenvalue weighted by molar-refractivity contribution is 9.10. The number of carbonyl (C=O) groups excluding carboxylic acids is 1. The first-order valence-electron chi connectivity index (χ1n) is 5.03. The van der Waals surface area contributed by atoms with Crippen LogP contribution in [0.4, 0.5) is 5.69 Å². The van der Waals surface area contributed by atoms with E-state index in [2.05, 4.69) is 21.2 Å². The highest BCUT2D eigenvalue weighted by Crippen LogP contribution is 2.19. The largest absolute Gasteiger partial charge is 0.478 e. The molecule has 7 heteroatoms. The number of aromatic carboxylic acids is 1. The summed E-state index contributed by atoms with van der Waals surface area (Å²) in [6.07, 6.45) is 0. The number of halogens is 1. The normalized spacial score (nSPS) is 11.9. The van der Waals surface area contributed by atoms with Gasteiger partial charge in [0.2, 0.25) is 5.91 Å². The van der Waals surface area contributed by atoms with Crippen LogP contribution in [0.25, 0.3) is 0 Å². The lowest BCUT2D eigenvalue weighted by atomic mass is 10.2. The first-order chi connectivity index (χ1) is 8.43. The number of amides is 1. The van der Waals surface area contributed by atoms with Crippen molar-refractivity contribution in [2.45, 2.75) is 6.04 Å². The van der Waals surface area contributed by atoms with Crippen LogP contribution in [0.15, 0.2) is 22.7 Å². The zero-order valence-electron chi connectivity index (χ0n) is 9.64. The number of nitrogens with two attached hydrogens (primary N) is 1. The molecule has 1 rings (SSSR count). The van der Waals surface area contributed by atoms with Gasteiger partial charge in [-0.2, -0.15) is 0 Å². The molecule has 1 amide bonds. The lowest BCUT2D eigenvalue weighted by molar-refractivity contribution is -0.118. The highest BCUT2D eigenvalue weighted by Gasteiger charge is 2.14. The zero-order chi connectivity index (χ0) is 13.7. The number of anilines is 1. The summed E-state index contributed by atoms with van der Waals surface area (Å²) >= 11 is 3.17. The molecule has 0 aliphatic heterocycles. The predicted molar refractivity (Wildman–Crippen MR) is 69.6 cm³/mol. The van der Waals surface area contributed by atoms with Gasteiger partial charge in [-0.1, -0.05) is 15.9 Å². The molecule has 0 spiro atoms. The molecule has 0 saturated heterocycles. The Hall–Kier alpha value is -1.44. The molecule has 0 radical (unpaired) electrons. The Balaban J connectivity index is 2.84. The minimum absolute atomic E-state index is 0.0694. The number of hydrogen-bond donors (Lipinski definition) is 3. The van der Waals surface area contributed by atoms with E-state index in [1.165, 1.54) is 19.2 Å². The average Bonchev–Trinajstić information content (AvgIpc) is 2.28. The summed E-state index contributed by atoms with van der Waals surface area (Å²) in [5.74, 6) is -1.51. The molecule has 0 fully saturated rings. The second-order valence-corrected chi connectivity index (χ2v) is 4.50. The Bertz CT molecular complexity index is 464. The van der Waals surface area contributed by atoms with Gasteiger partial charge in [0.05, 0.1) is 12.2 Å². The summed E-state index contributed by atoms with van der Waals surface area (Å²) in [7, 11) is 1.44. The van der Waals surface area contributed by atoms with Crippen molar-refractivity contribution in [3.8, 4) is 0 Å². The van der Waals surface area contributed by atoms with Crippen molar-refractivity contribution in [1.82, 2.24) is 0 Å². The van der Waals surface area contributed by atoms with Crippen molar-refractivity contribution in [2.75, 3.05) is 19.0 Å². The monoisotopic (exact) mass is 316 g/mol. The van der Waals surface area contributed by atoms with E-state index in [9.17, 15) is 9.59 Å². The number of benzene rings is 1. The molecule has 0 aromatic heterocycles. The van der Waals surface area contributed by atoms with Gasteiger partial charge in [-0.05, 0) is 18.2 Å². The van der Waals surface area contributed by atoms with Gasteiger partial charge in [0.15, 0.2) is 0 Å². The molecule has 18 heavy (non-hydrogen) atoms. The number of carboxylic acid groups (broad SMARTS) is 1. The molecule has 0 bridgehead atoms. The van der Waals surface area contributed by atoms with Crippen LogP contribution < -0.4 is 11.1 Å². The molecular weight excluding hydrogens is 304 g/mol. The maximum absolute atomic E-state index is 11.6. The van der Waals surface area contributed by atoms with E-state index in [-0.39, 0.29) is 12.2 Å². The van der Waals surface area contributed by atoms with Crippen molar-refractivity contribution in [3.05, 3.63) is 28.2 Å². The van der Waals surface area contributed by atoms with Crippen molar-refractivity contribution in [1.29, 1.82) is 0 Å². The molecule has 0 aliphatic carbocycles. The minimum Gasteiger partial charge on any atom is -0.478 e. The summed E-state index contributed by atoms with van der Waals surface area (Å²) in [5, 5.41) is 11.4. The van der Waals surface area contributed by atoms with E-state index in [0.717, 1.165) is 0 Å². The smallest absolute Gasteiger partial charge is 0.335 e. The van der Waals surface area contributed by atoms with Gasteiger partial charge < -0.3 is 20.9 Å². The lowest BCUT2D eigenvalue weighted by Crippen LogP contribution is -2.39. The van der Waals surface area contributed by atoms with E-state index in [1.54, 1.807) is 6.07 Å². The van der Waals surface area contributed by atoms with Crippen LogP contribution in [0.5, 0.6) is 0 Å². The molecule has 6 nitrogen and oxygen atoms in total. The van der Waals surface area contributed by atoms with Crippen LogP contribution in [-0.2, 0) is 9.53 Å². The number of methoxy groups -OCH3 is 1. The number of hydrogen-bond acceptors (Lipinski definition) is 4. The van der Waals surface area contributed by atoms with Crippen molar-refractivity contribution in [3.63, 3.8) is 0 Å². The molecular formula is C11H13BrN2O4. The SMILES string of the molecule is COCC(N)C(=O)Nc1cc(Br)cc(C(=O)O)c1. The summed E-state index contributed by atoms with van der Waals surface area (Å²) in [6, 6.07) is 3.57. The zero-order valence-corrected chi connectivity index (χ0v) is 11.2. The van der Waals surface area contributed by atoms with Gasteiger partial charge in [-0.25, -0.2) is 4.79 Å². The molecule has 0 aliphatic rings. The van der Waals surface area contributed by atoms with Gasteiger partial charge >= 0.3 is 5.97 Å². The van der Waals surface area contributed by atoms with Gasteiger partial charge in [0, 0.05) is 17.3 Å². The third-order valence-electron chi connectivity index (χ3n) is 2.10. The molecule has 1 aromatic carbocycles. The van der Waals surface area contributed by atoms with Crippen molar-refractivity contribution in [2.24, 2.45) is 5.73 Å². The standard InChI is InChI=1S/C11H13BrN2O4/c1-18-5-9(13)10(15)14-8-3-6(11(16)17)2-7(12)4-8/h2-4,9H,5,13H2,1H3,(H,14,15)(H,16,17). The third-order valence-corrected chi connectivity index (χ3v) is 2.55. The van der Waals surface area contributed by atoms with E-state index in [1.807, 2.05) is 0 Å². The van der Waals surface area contributed by atoms with E-state index < -0.39 is 17.9 Å². The number of ether oxygens (including phenoxy) is 1. The molecule has 1 atom stereocenters. The molecule has 4 N–H and O–H groups in total.